The lowest BCUT2D eigenvalue weighted by molar-refractivity contribution is -0.117. The molecule has 0 aliphatic heterocycles. The summed E-state index contributed by atoms with van der Waals surface area (Å²) >= 11 is 0. The van der Waals surface area contributed by atoms with Crippen LogP contribution in [0.5, 0.6) is 5.75 Å². The molecule has 0 saturated heterocycles. The molecule has 2 aromatic carbocycles. The first-order chi connectivity index (χ1) is 13.5. The Balaban J connectivity index is 2.09. The number of nitrogens with zero attached hydrogens (tertiary/aromatic N) is 1. The van der Waals surface area contributed by atoms with Crippen LogP contribution in [-0.2, 0) is 4.79 Å². The molecule has 1 atom stereocenters. The van der Waals surface area contributed by atoms with E-state index in [1.54, 1.807) is 0 Å². The van der Waals surface area contributed by atoms with Crippen molar-refractivity contribution in [3.05, 3.63) is 60.2 Å². The number of hydrogen-bond donors (Lipinski definition) is 2. The van der Waals surface area contributed by atoms with Crippen molar-refractivity contribution in [2.75, 3.05) is 39.0 Å². The van der Waals surface area contributed by atoms with Crippen LogP contribution >= 0.6 is 0 Å². The lowest BCUT2D eigenvalue weighted by Crippen LogP contribution is -2.32. The third kappa shape index (κ3) is 7.33. The minimum atomic E-state index is -0.0877. The van der Waals surface area contributed by atoms with Gasteiger partial charge in [0.25, 0.3) is 0 Å². The topological polar surface area (TPSA) is 53.6 Å². The van der Waals surface area contributed by atoms with Crippen molar-refractivity contribution in [1.29, 1.82) is 0 Å². The van der Waals surface area contributed by atoms with E-state index in [-0.39, 0.29) is 12.0 Å². The van der Waals surface area contributed by atoms with Gasteiger partial charge in [-0.2, -0.15) is 0 Å². The summed E-state index contributed by atoms with van der Waals surface area (Å²) in [5, 5.41) is 6.19. The molecule has 2 aromatic rings. The zero-order valence-corrected chi connectivity index (χ0v) is 17.4. The first-order valence-electron chi connectivity index (χ1n) is 9.93. The molecule has 0 radical (unpaired) electrons. The molecule has 28 heavy (non-hydrogen) atoms. The Morgan fingerprint density at radius 1 is 1.07 bits per heavy atom. The van der Waals surface area contributed by atoms with Crippen LogP contribution in [-0.4, -0.2) is 44.5 Å². The Morgan fingerprint density at radius 3 is 2.43 bits per heavy atom. The van der Waals surface area contributed by atoms with Crippen LogP contribution in [0.2, 0.25) is 0 Å². The molecule has 1 amide bonds. The number of rotatable bonds is 11. The number of carbonyl (C=O) groups excluding carboxylic acids is 1. The number of para-hydroxylation sites is 2. The average molecular weight is 384 g/mol. The Morgan fingerprint density at radius 2 is 1.75 bits per heavy atom. The Kier molecular flexibility index (Phi) is 8.98. The quantitative estimate of drug-likeness (QED) is 0.617. The predicted octanol–water partition coefficient (Wildman–Crippen LogP) is 3.94. The summed E-state index contributed by atoms with van der Waals surface area (Å²) < 4.78 is 6.34. The summed E-state index contributed by atoms with van der Waals surface area (Å²) in [5.41, 5.74) is 1.83. The normalized spacial score (nSPS) is 12.2. The van der Waals surface area contributed by atoms with E-state index < -0.39 is 0 Å². The smallest absolute Gasteiger partial charge is 0.238 e. The molecule has 0 bridgehead atoms. The van der Waals surface area contributed by atoms with Gasteiger partial charge in [0, 0.05) is 13.0 Å². The van der Waals surface area contributed by atoms with Crippen molar-refractivity contribution in [3.8, 4) is 5.75 Å². The molecule has 5 nitrogen and oxygen atoms in total. The van der Waals surface area contributed by atoms with Crippen LogP contribution in [0.3, 0.4) is 0 Å². The lowest BCUT2D eigenvalue weighted by atomic mass is 10.1. The largest absolute Gasteiger partial charge is 0.484 e. The molecule has 152 valence electrons. The standard InChI is InChI=1S/C23H33N3O2/c1-18(2)16-26(4)17-23(27)25-20-12-8-9-13-22(20)28-21(14-15-24-3)19-10-6-5-7-11-19/h5-13,18,21,24H,14-17H2,1-4H3,(H,25,27). The first-order valence-corrected chi connectivity index (χ1v) is 9.93. The molecule has 0 fully saturated rings. The Bertz CT molecular complexity index is 719. The number of nitrogens with one attached hydrogen (secondary N) is 2. The number of amides is 1. The summed E-state index contributed by atoms with van der Waals surface area (Å²) in [4.78, 5) is 14.5. The van der Waals surface area contributed by atoms with Gasteiger partial charge in [-0.15, -0.1) is 0 Å². The lowest BCUT2D eigenvalue weighted by Gasteiger charge is -2.22. The molecule has 0 aliphatic carbocycles. The first kappa shape index (κ1) is 21.9. The van der Waals surface area contributed by atoms with Crippen molar-refractivity contribution in [2.24, 2.45) is 5.92 Å². The van der Waals surface area contributed by atoms with Crippen molar-refractivity contribution >= 4 is 11.6 Å². The summed E-state index contributed by atoms with van der Waals surface area (Å²) in [6.45, 7) is 6.37. The van der Waals surface area contributed by atoms with E-state index in [0.29, 0.717) is 23.9 Å². The molecule has 0 aromatic heterocycles. The molecule has 0 spiro atoms. The van der Waals surface area contributed by atoms with Crippen molar-refractivity contribution in [3.63, 3.8) is 0 Å². The third-order valence-corrected chi connectivity index (χ3v) is 4.35. The molecule has 0 saturated carbocycles. The zero-order valence-electron chi connectivity index (χ0n) is 17.4. The van der Waals surface area contributed by atoms with Crippen LogP contribution in [0, 0.1) is 5.92 Å². The van der Waals surface area contributed by atoms with E-state index in [1.165, 1.54) is 0 Å². The number of benzene rings is 2. The highest BCUT2D eigenvalue weighted by Crippen LogP contribution is 2.30. The molecule has 2 N–H and O–H groups in total. The highest BCUT2D eigenvalue weighted by molar-refractivity contribution is 5.93. The summed E-state index contributed by atoms with van der Waals surface area (Å²) in [7, 11) is 3.90. The minimum absolute atomic E-state index is 0.0364. The van der Waals surface area contributed by atoms with Gasteiger partial charge in [0.05, 0.1) is 12.2 Å². The fraction of sp³-hybridized carbons (Fsp3) is 0.435. The number of anilines is 1. The highest BCUT2D eigenvalue weighted by atomic mass is 16.5. The van der Waals surface area contributed by atoms with E-state index in [1.807, 2.05) is 61.5 Å². The van der Waals surface area contributed by atoms with Gasteiger partial charge in [0.15, 0.2) is 0 Å². The van der Waals surface area contributed by atoms with Gasteiger partial charge in [-0.1, -0.05) is 56.3 Å². The fourth-order valence-electron chi connectivity index (χ4n) is 3.19. The van der Waals surface area contributed by atoms with Crippen molar-refractivity contribution < 1.29 is 9.53 Å². The summed E-state index contributed by atoms with van der Waals surface area (Å²) in [6.07, 6.45) is 0.746. The van der Waals surface area contributed by atoms with Crippen LogP contribution in [0.1, 0.15) is 31.9 Å². The van der Waals surface area contributed by atoms with Gasteiger partial charge < -0.3 is 15.4 Å². The van der Waals surface area contributed by atoms with Crippen molar-refractivity contribution in [2.45, 2.75) is 26.4 Å². The van der Waals surface area contributed by atoms with Gasteiger partial charge >= 0.3 is 0 Å². The van der Waals surface area contributed by atoms with Gasteiger partial charge in [-0.3, -0.25) is 9.69 Å². The van der Waals surface area contributed by atoms with Gasteiger partial charge in [-0.05, 0) is 44.3 Å². The number of likely N-dealkylation sites (N-methyl/N-ethyl adjacent to an activating group) is 1. The van der Waals surface area contributed by atoms with Crippen LogP contribution in [0.25, 0.3) is 0 Å². The van der Waals surface area contributed by atoms with E-state index in [0.717, 1.165) is 25.1 Å². The fourth-order valence-corrected chi connectivity index (χ4v) is 3.19. The van der Waals surface area contributed by atoms with Crippen LogP contribution in [0.4, 0.5) is 5.69 Å². The average Bonchev–Trinajstić information content (AvgIpc) is 2.66. The molecule has 2 rings (SSSR count). The van der Waals surface area contributed by atoms with Gasteiger partial charge in [0.1, 0.15) is 11.9 Å². The highest BCUT2D eigenvalue weighted by Gasteiger charge is 2.16. The number of carbonyl (C=O) groups is 1. The summed E-state index contributed by atoms with van der Waals surface area (Å²) in [5.74, 6) is 1.17. The minimum Gasteiger partial charge on any atom is -0.484 e. The Hall–Kier alpha value is -2.37. The Labute approximate surface area is 169 Å². The van der Waals surface area contributed by atoms with Crippen LogP contribution < -0.4 is 15.4 Å². The molecule has 5 heteroatoms. The van der Waals surface area contributed by atoms with E-state index in [9.17, 15) is 4.79 Å². The molecular weight excluding hydrogens is 350 g/mol. The monoisotopic (exact) mass is 383 g/mol. The maximum Gasteiger partial charge on any atom is 0.238 e. The van der Waals surface area contributed by atoms with Gasteiger partial charge in [-0.25, -0.2) is 0 Å². The SMILES string of the molecule is CNCCC(Oc1ccccc1NC(=O)CN(C)CC(C)C)c1ccccc1. The number of ether oxygens (including phenoxy) is 1. The molecule has 0 heterocycles. The molecular formula is C23H33N3O2. The second kappa shape index (κ2) is 11.5. The maximum atomic E-state index is 12.5. The predicted molar refractivity (Wildman–Crippen MR) is 116 cm³/mol. The summed E-state index contributed by atoms with van der Waals surface area (Å²) in [6, 6.07) is 17.8. The molecule has 1 unspecified atom stereocenters. The van der Waals surface area contributed by atoms with E-state index in [2.05, 4.69) is 36.6 Å². The van der Waals surface area contributed by atoms with Crippen LogP contribution in [0.15, 0.2) is 54.6 Å². The van der Waals surface area contributed by atoms with Crippen molar-refractivity contribution in [1.82, 2.24) is 10.2 Å². The third-order valence-electron chi connectivity index (χ3n) is 4.35. The van der Waals surface area contributed by atoms with Gasteiger partial charge in [0.2, 0.25) is 5.91 Å². The van der Waals surface area contributed by atoms with E-state index >= 15 is 0 Å². The second-order valence-electron chi connectivity index (χ2n) is 7.54. The van der Waals surface area contributed by atoms with E-state index in [4.69, 9.17) is 4.74 Å². The number of hydrogen-bond acceptors (Lipinski definition) is 4. The second-order valence-corrected chi connectivity index (χ2v) is 7.54. The maximum absolute atomic E-state index is 12.5. The zero-order chi connectivity index (χ0) is 20.4. The molecule has 0 aliphatic rings.